The Morgan fingerprint density at radius 1 is 0.818 bits per heavy atom. The van der Waals surface area contributed by atoms with E-state index in [4.69, 9.17) is 4.74 Å². The minimum Gasteiger partial charge on any atom is -0.478 e. The van der Waals surface area contributed by atoms with E-state index in [1.807, 2.05) is 60.7 Å². The Kier molecular flexibility index (Phi) is 6.64. The van der Waals surface area contributed by atoms with E-state index in [0.29, 0.717) is 28.6 Å². The van der Waals surface area contributed by atoms with E-state index >= 15 is 0 Å². The van der Waals surface area contributed by atoms with E-state index in [0.717, 1.165) is 11.1 Å². The standard InChI is InChI=1S/C27H23NO5/c29-24(13-14-25(30)33-17-19-9-5-2-6-10-19)26-21-16-20(27(31)32)11-12-22(21)28-23(26)15-18-7-3-1-4-8-18/h1-12,16,28H,13-15,17H2,(H,31,32). The van der Waals surface area contributed by atoms with Crippen molar-refractivity contribution in [2.45, 2.75) is 25.9 Å². The van der Waals surface area contributed by atoms with Crippen molar-refractivity contribution in [1.29, 1.82) is 0 Å². The molecule has 0 saturated heterocycles. The molecule has 0 atom stereocenters. The van der Waals surface area contributed by atoms with Crippen LogP contribution in [0.2, 0.25) is 0 Å². The van der Waals surface area contributed by atoms with Gasteiger partial charge >= 0.3 is 11.9 Å². The fourth-order valence-corrected chi connectivity index (χ4v) is 3.78. The summed E-state index contributed by atoms with van der Waals surface area (Å²) in [5.41, 5.74) is 3.79. The largest absolute Gasteiger partial charge is 0.478 e. The molecule has 4 aromatic rings. The smallest absolute Gasteiger partial charge is 0.335 e. The number of H-pyrrole nitrogens is 1. The first-order valence-corrected chi connectivity index (χ1v) is 10.7. The van der Waals surface area contributed by atoms with Crippen molar-refractivity contribution >= 4 is 28.6 Å². The third-order valence-electron chi connectivity index (χ3n) is 5.42. The number of fused-ring (bicyclic) bond motifs is 1. The molecule has 166 valence electrons. The minimum atomic E-state index is -1.06. The summed E-state index contributed by atoms with van der Waals surface area (Å²) in [5, 5.41) is 9.93. The quantitative estimate of drug-likeness (QED) is 0.276. The van der Waals surface area contributed by atoms with Gasteiger partial charge in [0.15, 0.2) is 5.78 Å². The number of Topliss-reactive ketones (excluding diaryl/α,β-unsaturated/α-hetero) is 1. The van der Waals surface area contributed by atoms with Gasteiger partial charge in [-0.15, -0.1) is 0 Å². The van der Waals surface area contributed by atoms with Crippen molar-refractivity contribution in [3.05, 3.63) is 107 Å². The second kappa shape index (κ2) is 9.96. The summed E-state index contributed by atoms with van der Waals surface area (Å²) in [4.78, 5) is 40.2. The van der Waals surface area contributed by atoms with Gasteiger partial charge in [0.2, 0.25) is 0 Å². The third-order valence-corrected chi connectivity index (χ3v) is 5.42. The van der Waals surface area contributed by atoms with Gasteiger partial charge in [-0.25, -0.2) is 4.79 Å². The number of carboxylic acid groups (broad SMARTS) is 1. The number of carbonyl (C=O) groups is 3. The zero-order valence-corrected chi connectivity index (χ0v) is 17.9. The van der Waals surface area contributed by atoms with Crippen molar-refractivity contribution in [1.82, 2.24) is 4.98 Å². The van der Waals surface area contributed by atoms with Crippen molar-refractivity contribution in [2.75, 3.05) is 0 Å². The van der Waals surface area contributed by atoms with Crippen LogP contribution in [0.25, 0.3) is 10.9 Å². The normalized spacial score (nSPS) is 10.8. The first kappa shape index (κ1) is 22.0. The van der Waals surface area contributed by atoms with Crippen molar-refractivity contribution in [3.8, 4) is 0 Å². The molecule has 0 spiro atoms. The number of benzene rings is 3. The van der Waals surface area contributed by atoms with E-state index in [1.54, 1.807) is 6.07 Å². The number of ketones is 1. The molecule has 0 unspecified atom stereocenters. The fraction of sp³-hybridized carbons (Fsp3) is 0.148. The molecule has 0 saturated carbocycles. The molecule has 0 fully saturated rings. The number of carboxylic acids is 1. The first-order chi connectivity index (χ1) is 16.0. The van der Waals surface area contributed by atoms with Gasteiger partial charge in [0.05, 0.1) is 12.0 Å². The van der Waals surface area contributed by atoms with Crippen LogP contribution in [0.15, 0.2) is 78.9 Å². The summed E-state index contributed by atoms with van der Waals surface area (Å²) in [6.07, 6.45) is 0.402. The van der Waals surface area contributed by atoms with Crippen LogP contribution in [0.5, 0.6) is 0 Å². The summed E-state index contributed by atoms with van der Waals surface area (Å²) in [6.45, 7) is 0.155. The fourth-order valence-electron chi connectivity index (χ4n) is 3.78. The summed E-state index contributed by atoms with van der Waals surface area (Å²) >= 11 is 0. The van der Waals surface area contributed by atoms with Gasteiger partial charge in [-0.2, -0.15) is 0 Å². The van der Waals surface area contributed by atoms with Gasteiger partial charge in [-0.05, 0) is 29.3 Å². The van der Waals surface area contributed by atoms with E-state index in [1.165, 1.54) is 12.1 Å². The number of rotatable bonds is 9. The summed E-state index contributed by atoms with van der Waals surface area (Å²) in [5.74, 6) is -1.75. The zero-order valence-electron chi connectivity index (χ0n) is 17.9. The zero-order chi connectivity index (χ0) is 23.2. The van der Waals surface area contributed by atoms with Crippen LogP contribution in [-0.2, 0) is 22.6 Å². The lowest BCUT2D eigenvalue weighted by molar-refractivity contribution is -0.144. The average molecular weight is 441 g/mol. The predicted octanol–water partition coefficient (Wildman–Crippen LogP) is 5.16. The Morgan fingerprint density at radius 3 is 2.15 bits per heavy atom. The van der Waals surface area contributed by atoms with Crippen LogP contribution in [0, 0.1) is 0 Å². The highest BCUT2D eigenvalue weighted by molar-refractivity contribution is 6.11. The highest BCUT2D eigenvalue weighted by atomic mass is 16.5. The summed E-state index contributed by atoms with van der Waals surface area (Å²) < 4.78 is 5.28. The van der Waals surface area contributed by atoms with Crippen molar-refractivity contribution in [3.63, 3.8) is 0 Å². The second-order valence-corrected chi connectivity index (χ2v) is 7.78. The molecule has 0 aliphatic heterocycles. The maximum Gasteiger partial charge on any atom is 0.335 e. The summed E-state index contributed by atoms with van der Waals surface area (Å²) in [6, 6.07) is 23.7. The molecule has 0 aliphatic carbocycles. The Labute approximate surface area is 190 Å². The SMILES string of the molecule is O=C(CCC(=O)c1c(Cc2ccccc2)[nH]c2ccc(C(=O)O)cc12)OCc1ccccc1. The molecule has 0 radical (unpaired) electrons. The lowest BCUT2D eigenvalue weighted by Crippen LogP contribution is -2.09. The number of aromatic amines is 1. The molecule has 3 aromatic carbocycles. The van der Waals surface area contributed by atoms with Crippen LogP contribution in [-0.4, -0.2) is 27.8 Å². The average Bonchev–Trinajstić information content (AvgIpc) is 3.19. The maximum absolute atomic E-state index is 13.2. The van der Waals surface area contributed by atoms with Gasteiger partial charge in [0.25, 0.3) is 0 Å². The maximum atomic E-state index is 13.2. The van der Waals surface area contributed by atoms with Crippen LogP contribution in [0.1, 0.15) is 50.4 Å². The molecular formula is C27H23NO5. The highest BCUT2D eigenvalue weighted by Crippen LogP contribution is 2.27. The predicted molar refractivity (Wildman–Crippen MR) is 124 cm³/mol. The number of esters is 1. The summed E-state index contributed by atoms with van der Waals surface area (Å²) in [7, 11) is 0. The molecule has 1 aromatic heterocycles. The number of carbonyl (C=O) groups excluding carboxylic acids is 2. The Bertz CT molecular complexity index is 1290. The van der Waals surface area contributed by atoms with E-state index < -0.39 is 11.9 Å². The molecule has 0 bridgehead atoms. The first-order valence-electron chi connectivity index (χ1n) is 10.7. The molecular weight excluding hydrogens is 418 g/mol. The van der Waals surface area contributed by atoms with E-state index in [-0.39, 0.29) is 30.8 Å². The van der Waals surface area contributed by atoms with E-state index in [9.17, 15) is 19.5 Å². The van der Waals surface area contributed by atoms with Gasteiger partial charge < -0.3 is 14.8 Å². The number of nitrogens with one attached hydrogen (secondary N) is 1. The molecule has 1 heterocycles. The lowest BCUT2D eigenvalue weighted by atomic mass is 9.98. The van der Waals surface area contributed by atoms with Gasteiger partial charge in [0.1, 0.15) is 6.61 Å². The second-order valence-electron chi connectivity index (χ2n) is 7.78. The van der Waals surface area contributed by atoms with Crippen molar-refractivity contribution < 1.29 is 24.2 Å². The van der Waals surface area contributed by atoms with E-state index in [2.05, 4.69) is 4.98 Å². The van der Waals surface area contributed by atoms with Crippen LogP contribution in [0.3, 0.4) is 0 Å². The highest BCUT2D eigenvalue weighted by Gasteiger charge is 2.21. The Hall–Kier alpha value is -4.19. The topological polar surface area (TPSA) is 96.5 Å². The van der Waals surface area contributed by atoms with Crippen molar-refractivity contribution in [2.24, 2.45) is 0 Å². The number of hydrogen-bond acceptors (Lipinski definition) is 4. The molecule has 0 amide bonds. The van der Waals surface area contributed by atoms with Crippen LogP contribution >= 0.6 is 0 Å². The van der Waals surface area contributed by atoms with Crippen LogP contribution < -0.4 is 0 Å². The number of aromatic nitrogens is 1. The molecule has 4 rings (SSSR count). The molecule has 6 heteroatoms. The molecule has 33 heavy (non-hydrogen) atoms. The Balaban J connectivity index is 1.55. The number of hydrogen-bond donors (Lipinski definition) is 2. The van der Waals surface area contributed by atoms with Gasteiger partial charge in [-0.3, -0.25) is 9.59 Å². The monoisotopic (exact) mass is 441 g/mol. The van der Waals surface area contributed by atoms with Gasteiger partial charge in [-0.1, -0.05) is 60.7 Å². The molecule has 0 aliphatic rings. The Morgan fingerprint density at radius 2 is 1.48 bits per heavy atom. The third kappa shape index (κ3) is 5.36. The van der Waals surface area contributed by atoms with Crippen LogP contribution in [0.4, 0.5) is 0 Å². The number of ether oxygens (including phenoxy) is 1. The number of aromatic carboxylic acids is 1. The molecule has 2 N–H and O–H groups in total. The molecule has 6 nitrogen and oxygen atoms in total. The van der Waals surface area contributed by atoms with Gasteiger partial charge in [0, 0.05) is 35.0 Å². The minimum absolute atomic E-state index is 0.0281. The lowest BCUT2D eigenvalue weighted by Gasteiger charge is -2.07.